The number of nitrogens with zero attached hydrogens (tertiary/aromatic N) is 2. The number of benzene rings is 3. The molecule has 1 heterocycles. The predicted molar refractivity (Wildman–Crippen MR) is 142 cm³/mol. The molecule has 0 atom stereocenters. The van der Waals surface area contributed by atoms with Crippen LogP contribution in [0.15, 0.2) is 82.4 Å². The lowest BCUT2D eigenvalue weighted by molar-refractivity contribution is 0.0955. The lowest BCUT2D eigenvalue weighted by Crippen LogP contribution is -2.17. The Labute approximate surface area is 217 Å². The first-order valence-electron chi connectivity index (χ1n) is 11.2. The molecule has 0 aliphatic heterocycles. The second kappa shape index (κ2) is 11.2. The van der Waals surface area contributed by atoms with E-state index in [1.165, 1.54) is 25.5 Å². The second-order valence-corrected chi connectivity index (χ2v) is 8.99. The van der Waals surface area contributed by atoms with E-state index < -0.39 is 0 Å². The molecular formula is C28H25BrFN3O3. The Morgan fingerprint density at radius 3 is 2.31 bits per heavy atom. The van der Waals surface area contributed by atoms with E-state index in [1.54, 1.807) is 36.4 Å². The van der Waals surface area contributed by atoms with E-state index in [0.717, 1.165) is 22.6 Å². The molecule has 0 spiro atoms. The average molecular weight is 550 g/mol. The van der Waals surface area contributed by atoms with Crippen LogP contribution >= 0.6 is 15.9 Å². The van der Waals surface area contributed by atoms with Gasteiger partial charge < -0.3 is 14.0 Å². The molecule has 4 aromatic rings. The number of ether oxygens (including phenoxy) is 2. The molecule has 0 bridgehead atoms. The third kappa shape index (κ3) is 5.83. The van der Waals surface area contributed by atoms with E-state index in [1.807, 2.05) is 26.0 Å². The first-order valence-corrected chi connectivity index (χ1v) is 12.0. The number of halogens is 2. The molecule has 0 unspecified atom stereocenters. The number of hydrogen-bond acceptors (Lipinski definition) is 4. The van der Waals surface area contributed by atoms with Crippen LogP contribution in [0.4, 0.5) is 4.39 Å². The highest BCUT2D eigenvalue weighted by molar-refractivity contribution is 9.10. The molecule has 184 valence electrons. The minimum Gasteiger partial charge on any atom is -0.493 e. The van der Waals surface area contributed by atoms with Crippen molar-refractivity contribution in [2.45, 2.75) is 20.5 Å². The topological polar surface area (TPSA) is 64.8 Å². The summed E-state index contributed by atoms with van der Waals surface area (Å²) in [6.07, 6.45) is 1.52. The highest BCUT2D eigenvalue weighted by Gasteiger charge is 2.11. The van der Waals surface area contributed by atoms with Gasteiger partial charge in [-0.2, -0.15) is 5.10 Å². The summed E-state index contributed by atoms with van der Waals surface area (Å²) in [6, 6.07) is 21.1. The number of carbonyl (C=O) groups is 1. The number of aryl methyl sites for hydroxylation is 2. The summed E-state index contributed by atoms with van der Waals surface area (Å²) in [5.74, 6) is 0.400. The van der Waals surface area contributed by atoms with Crippen LogP contribution in [0.1, 0.15) is 32.9 Å². The number of rotatable bonds is 8. The van der Waals surface area contributed by atoms with Gasteiger partial charge in [-0.1, -0.05) is 12.1 Å². The fourth-order valence-electron chi connectivity index (χ4n) is 3.73. The third-order valence-electron chi connectivity index (χ3n) is 5.62. The van der Waals surface area contributed by atoms with Gasteiger partial charge in [0.15, 0.2) is 11.5 Å². The van der Waals surface area contributed by atoms with E-state index in [0.29, 0.717) is 27.1 Å². The molecule has 1 aromatic heterocycles. The smallest absolute Gasteiger partial charge is 0.271 e. The summed E-state index contributed by atoms with van der Waals surface area (Å²) in [4.78, 5) is 12.6. The van der Waals surface area contributed by atoms with Gasteiger partial charge in [-0.25, -0.2) is 9.82 Å². The van der Waals surface area contributed by atoms with Gasteiger partial charge in [0.05, 0.1) is 13.3 Å². The Morgan fingerprint density at radius 1 is 1.00 bits per heavy atom. The lowest BCUT2D eigenvalue weighted by atomic mass is 10.2. The Bertz CT molecular complexity index is 1380. The van der Waals surface area contributed by atoms with E-state index >= 15 is 0 Å². The largest absolute Gasteiger partial charge is 0.493 e. The Balaban J connectivity index is 1.41. The standard InChI is InChI=1S/C28H25BrFN3O3/c1-18-4-5-19(2)33(18)24-12-8-21(9-13-24)28(34)32-31-16-22-14-26(35-3)27(15-25(22)29)36-17-20-6-10-23(30)11-7-20/h4-16H,17H2,1-3H3,(H,32,34). The van der Waals surface area contributed by atoms with Gasteiger partial charge >= 0.3 is 0 Å². The minimum absolute atomic E-state index is 0.259. The number of methoxy groups -OCH3 is 1. The lowest BCUT2D eigenvalue weighted by Gasteiger charge is -2.13. The molecule has 1 amide bonds. The molecule has 8 heteroatoms. The normalized spacial score (nSPS) is 11.0. The number of amides is 1. The minimum atomic E-state index is -0.318. The number of hydrazone groups is 1. The molecule has 0 saturated carbocycles. The maximum Gasteiger partial charge on any atom is 0.271 e. The first-order chi connectivity index (χ1) is 17.4. The zero-order valence-electron chi connectivity index (χ0n) is 20.1. The van der Waals surface area contributed by atoms with Crippen LogP contribution in [0, 0.1) is 19.7 Å². The van der Waals surface area contributed by atoms with Crippen molar-refractivity contribution in [3.05, 3.63) is 111 Å². The van der Waals surface area contributed by atoms with Gasteiger partial charge in [-0.05, 0) is 96.0 Å². The Hall–Kier alpha value is -3.91. The summed E-state index contributed by atoms with van der Waals surface area (Å²) in [5.41, 5.74) is 7.82. The van der Waals surface area contributed by atoms with Crippen LogP contribution in [0.25, 0.3) is 5.69 Å². The van der Waals surface area contributed by atoms with Crippen LogP contribution in [0.2, 0.25) is 0 Å². The summed E-state index contributed by atoms with van der Waals surface area (Å²) in [6.45, 7) is 4.34. The molecule has 0 fully saturated rings. The van der Waals surface area contributed by atoms with Crippen molar-refractivity contribution >= 4 is 28.1 Å². The SMILES string of the molecule is COc1cc(C=NNC(=O)c2ccc(-n3c(C)ccc3C)cc2)c(Br)cc1OCc1ccc(F)cc1. The Morgan fingerprint density at radius 2 is 1.67 bits per heavy atom. The first kappa shape index (κ1) is 25.2. The van der Waals surface area contributed by atoms with Gasteiger partial charge in [-0.3, -0.25) is 4.79 Å². The fraction of sp³-hybridized carbons (Fsp3) is 0.143. The van der Waals surface area contributed by atoms with Crippen molar-refractivity contribution in [3.8, 4) is 17.2 Å². The second-order valence-electron chi connectivity index (χ2n) is 8.14. The molecule has 0 aliphatic carbocycles. The molecule has 0 aliphatic rings. The quantitative estimate of drug-likeness (QED) is 0.206. The fourth-order valence-corrected chi connectivity index (χ4v) is 4.15. The zero-order chi connectivity index (χ0) is 25.7. The molecule has 3 aromatic carbocycles. The maximum absolute atomic E-state index is 13.1. The molecule has 0 saturated heterocycles. The molecule has 1 N–H and O–H groups in total. The van der Waals surface area contributed by atoms with Crippen LogP contribution in [0.5, 0.6) is 11.5 Å². The van der Waals surface area contributed by atoms with Gasteiger partial charge in [-0.15, -0.1) is 0 Å². The highest BCUT2D eigenvalue weighted by Crippen LogP contribution is 2.33. The number of aromatic nitrogens is 1. The van der Waals surface area contributed by atoms with Gasteiger partial charge in [0.2, 0.25) is 0 Å². The van der Waals surface area contributed by atoms with Crippen molar-refractivity contribution in [2.75, 3.05) is 7.11 Å². The van der Waals surface area contributed by atoms with Gasteiger partial charge in [0.25, 0.3) is 5.91 Å². The van der Waals surface area contributed by atoms with Crippen LogP contribution in [-0.2, 0) is 6.61 Å². The van der Waals surface area contributed by atoms with E-state index in [4.69, 9.17) is 9.47 Å². The molecular weight excluding hydrogens is 525 g/mol. The predicted octanol–water partition coefficient (Wildman–Crippen LogP) is 6.35. The van der Waals surface area contributed by atoms with Gasteiger partial charge in [0, 0.05) is 32.7 Å². The Kier molecular flexibility index (Phi) is 7.85. The van der Waals surface area contributed by atoms with Crippen LogP contribution in [0.3, 0.4) is 0 Å². The third-order valence-corrected chi connectivity index (χ3v) is 6.31. The van der Waals surface area contributed by atoms with Crippen molar-refractivity contribution in [1.82, 2.24) is 9.99 Å². The molecule has 4 rings (SSSR count). The van der Waals surface area contributed by atoms with Crippen molar-refractivity contribution in [3.63, 3.8) is 0 Å². The number of carbonyl (C=O) groups excluding carboxylic acids is 1. The van der Waals surface area contributed by atoms with Crippen LogP contribution in [-0.4, -0.2) is 23.8 Å². The average Bonchev–Trinajstić information content (AvgIpc) is 3.22. The summed E-state index contributed by atoms with van der Waals surface area (Å²) in [5, 5.41) is 4.09. The van der Waals surface area contributed by atoms with Gasteiger partial charge in [0.1, 0.15) is 12.4 Å². The highest BCUT2D eigenvalue weighted by atomic mass is 79.9. The van der Waals surface area contributed by atoms with E-state index in [-0.39, 0.29) is 18.3 Å². The summed E-state index contributed by atoms with van der Waals surface area (Å²) >= 11 is 3.51. The van der Waals surface area contributed by atoms with E-state index in [9.17, 15) is 9.18 Å². The van der Waals surface area contributed by atoms with Crippen LogP contribution < -0.4 is 14.9 Å². The number of nitrogens with one attached hydrogen (secondary N) is 1. The van der Waals surface area contributed by atoms with Crippen molar-refractivity contribution in [2.24, 2.45) is 5.10 Å². The zero-order valence-corrected chi connectivity index (χ0v) is 21.7. The maximum atomic E-state index is 13.1. The molecule has 36 heavy (non-hydrogen) atoms. The van der Waals surface area contributed by atoms with Crippen molar-refractivity contribution < 1.29 is 18.7 Å². The molecule has 0 radical (unpaired) electrons. The summed E-state index contributed by atoms with van der Waals surface area (Å²) in [7, 11) is 1.54. The summed E-state index contributed by atoms with van der Waals surface area (Å²) < 4.78 is 27.2. The van der Waals surface area contributed by atoms with E-state index in [2.05, 4.69) is 43.2 Å². The number of hydrogen-bond donors (Lipinski definition) is 1. The monoisotopic (exact) mass is 549 g/mol. The van der Waals surface area contributed by atoms with Crippen molar-refractivity contribution in [1.29, 1.82) is 0 Å². The molecule has 6 nitrogen and oxygen atoms in total.